The van der Waals surface area contributed by atoms with Gasteiger partial charge in [0, 0.05) is 36.2 Å². The summed E-state index contributed by atoms with van der Waals surface area (Å²) in [7, 11) is 0. The van der Waals surface area contributed by atoms with Gasteiger partial charge < -0.3 is 5.32 Å². The van der Waals surface area contributed by atoms with Crippen molar-refractivity contribution in [2.75, 3.05) is 0 Å². The third-order valence-electron chi connectivity index (χ3n) is 3.91. The van der Waals surface area contributed by atoms with Crippen LogP contribution in [0.2, 0.25) is 5.02 Å². The first-order valence-corrected chi connectivity index (χ1v) is 8.44. The van der Waals surface area contributed by atoms with E-state index in [1.807, 2.05) is 48.5 Å². The number of carbonyl (C=O) groups is 1. The summed E-state index contributed by atoms with van der Waals surface area (Å²) in [5.41, 5.74) is 3.00. The molecular formula is C20H18ClN3O. The molecule has 0 fully saturated rings. The minimum atomic E-state index is -0.235. The van der Waals surface area contributed by atoms with Crippen molar-refractivity contribution >= 4 is 17.5 Å². The number of pyridine rings is 2. The molecule has 2 aromatic heterocycles. The van der Waals surface area contributed by atoms with Gasteiger partial charge in [-0.1, -0.05) is 29.8 Å². The molecule has 1 aromatic carbocycles. The number of halogens is 1. The SMILES string of the molecule is O=C(CCc1cccnc1)N[C@H](c1ccncc1)c1ccc(Cl)cc1. The lowest BCUT2D eigenvalue weighted by molar-refractivity contribution is -0.121. The van der Waals surface area contributed by atoms with Crippen LogP contribution in [0.5, 0.6) is 0 Å². The van der Waals surface area contributed by atoms with Gasteiger partial charge in [0.15, 0.2) is 0 Å². The zero-order valence-electron chi connectivity index (χ0n) is 13.6. The molecule has 25 heavy (non-hydrogen) atoms. The maximum Gasteiger partial charge on any atom is 0.221 e. The van der Waals surface area contributed by atoms with E-state index < -0.39 is 0 Å². The fourth-order valence-corrected chi connectivity index (χ4v) is 2.73. The maximum atomic E-state index is 12.5. The van der Waals surface area contributed by atoms with Crippen LogP contribution >= 0.6 is 11.6 Å². The topological polar surface area (TPSA) is 54.9 Å². The summed E-state index contributed by atoms with van der Waals surface area (Å²) in [6.07, 6.45) is 8.01. The van der Waals surface area contributed by atoms with Gasteiger partial charge >= 0.3 is 0 Å². The van der Waals surface area contributed by atoms with Crippen molar-refractivity contribution in [3.63, 3.8) is 0 Å². The Morgan fingerprint density at radius 1 is 0.960 bits per heavy atom. The van der Waals surface area contributed by atoms with Gasteiger partial charge in [0.1, 0.15) is 0 Å². The highest BCUT2D eigenvalue weighted by Gasteiger charge is 2.16. The average Bonchev–Trinajstić information content (AvgIpc) is 2.67. The highest BCUT2D eigenvalue weighted by Crippen LogP contribution is 2.23. The third-order valence-corrected chi connectivity index (χ3v) is 4.16. The first-order valence-electron chi connectivity index (χ1n) is 8.06. The highest BCUT2D eigenvalue weighted by atomic mass is 35.5. The predicted molar refractivity (Wildman–Crippen MR) is 98.2 cm³/mol. The first-order chi connectivity index (χ1) is 12.2. The highest BCUT2D eigenvalue weighted by molar-refractivity contribution is 6.30. The summed E-state index contributed by atoms with van der Waals surface area (Å²) in [6.45, 7) is 0. The predicted octanol–water partition coefficient (Wildman–Crippen LogP) is 3.97. The molecule has 0 saturated carbocycles. The number of rotatable bonds is 6. The molecule has 0 unspecified atom stereocenters. The zero-order chi connectivity index (χ0) is 17.5. The van der Waals surface area contributed by atoms with E-state index in [2.05, 4.69) is 15.3 Å². The van der Waals surface area contributed by atoms with Gasteiger partial charge in [-0.05, 0) is 53.4 Å². The molecule has 2 heterocycles. The van der Waals surface area contributed by atoms with Crippen molar-refractivity contribution < 1.29 is 4.79 Å². The van der Waals surface area contributed by atoms with E-state index >= 15 is 0 Å². The molecule has 3 rings (SSSR count). The number of nitrogens with zero attached hydrogens (tertiary/aromatic N) is 2. The van der Waals surface area contributed by atoms with Gasteiger partial charge in [-0.15, -0.1) is 0 Å². The van der Waals surface area contributed by atoms with Gasteiger partial charge in [-0.25, -0.2) is 0 Å². The second-order valence-electron chi connectivity index (χ2n) is 5.69. The first kappa shape index (κ1) is 17.1. The van der Waals surface area contributed by atoms with Crippen LogP contribution in [0, 0.1) is 0 Å². The molecule has 1 atom stereocenters. The summed E-state index contributed by atoms with van der Waals surface area (Å²) in [5, 5.41) is 3.78. The van der Waals surface area contributed by atoms with Crippen LogP contribution in [0.4, 0.5) is 0 Å². The number of nitrogens with one attached hydrogen (secondary N) is 1. The molecule has 0 radical (unpaired) electrons. The molecule has 0 spiro atoms. The van der Waals surface area contributed by atoms with Crippen LogP contribution in [-0.4, -0.2) is 15.9 Å². The van der Waals surface area contributed by atoms with E-state index in [0.29, 0.717) is 17.9 Å². The lowest BCUT2D eigenvalue weighted by Crippen LogP contribution is -2.29. The second-order valence-corrected chi connectivity index (χ2v) is 6.13. The summed E-state index contributed by atoms with van der Waals surface area (Å²) in [5.74, 6) is -0.0133. The van der Waals surface area contributed by atoms with Crippen LogP contribution in [0.15, 0.2) is 73.3 Å². The van der Waals surface area contributed by atoms with E-state index in [4.69, 9.17) is 11.6 Å². The van der Waals surface area contributed by atoms with Crippen LogP contribution in [0.25, 0.3) is 0 Å². The summed E-state index contributed by atoms with van der Waals surface area (Å²) >= 11 is 5.98. The molecular weight excluding hydrogens is 334 g/mol. The molecule has 3 aromatic rings. The van der Waals surface area contributed by atoms with Crippen molar-refractivity contribution in [1.82, 2.24) is 15.3 Å². The van der Waals surface area contributed by atoms with Gasteiger partial charge in [0.05, 0.1) is 6.04 Å². The monoisotopic (exact) mass is 351 g/mol. The molecule has 0 bridgehead atoms. The Kier molecular flexibility index (Phi) is 5.75. The molecule has 4 nitrogen and oxygen atoms in total. The molecule has 126 valence electrons. The standard InChI is InChI=1S/C20H18ClN3O/c21-18-6-4-16(5-7-18)20(17-9-12-22-13-10-17)24-19(25)8-3-15-2-1-11-23-14-15/h1-2,4-7,9-14,20H,3,8H2,(H,24,25)/t20-/m0/s1. The molecule has 1 amide bonds. The number of hydrogen-bond donors (Lipinski definition) is 1. The van der Waals surface area contributed by atoms with Crippen molar-refractivity contribution in [3.8, 4) is 0 Å². The quantitative estimate of drug-likeness (QED) is 0.731. The molecule has 5 heteroatoms. The van der Waals surface area contributed by atoms with Crippen LogP contribution in [-0.2, 0) is 11.2 Å². The Morgan fingerprint density at radius 3 is 2.36 bits per heavy atom. The fraction of sp³-hybridized carbons (Fsp3) is 0.150. The average molecular weight is 352 g/mol. The molecule has 0 aliphatic heterocycles. The number of benzene rings is 1. The van der Waals surface area contributed by atoms with Crippen molar-refractivity contribution in [1.29, 1.82) is 0 Å². The van der Waals surface area contributed by atoms with Crippen molar-refractivity contribution in [2.45, 2.75) is 18.9 Å². The Labute approximate surface area is 151 Å². The van der Waals surface area contributed by atoms with E-state index in [0.717, 1.165) is 16.7 Å². The van der Waals surface area contributed by atoms with Gasteiger partial charge in [0.2, 0.25) is 5.91 Å². The number of amides is 1. The molecule has 0 aliphatic rings. The fourth-order valence-electron chi connectivity index (χ4n) is 2.61. The van der Waals surface area contributed by atoms with Crippen LogP contribution in [0.3, 0.4) is 0 Å². The normalized spacial score (nSPS) is 11.7. The van der Waals surface area contributed by atoms with Gasteiger partial charge in [-0.2, -0.15) is 0 Å². The number of aryl methyl sites for hydroxylation is 1. The number of carbonyl (C=O) groups excluding carboxylic acids is 1. The minimum Gasteiger partial charge on any atom is -0.345 e. The summed E-state index contributed by atoms with van der Waals surface area (Å²) in [4.78, 5) is 20.6. The minimum absolute atomic E-state index is 0.0133. The summed E-state index contributed by atoms with van der Waals surface area (Å²) in [6, 6.07) is 14.9. The Morgan fingerprint density at radius 2 is 1.68 bits per heavy atom. The second kappa shape index (κ2) is 8.40. The van der Waals surface area contributed by atoms with Crippen molar-refractivity contribution in [2.24, 2.45) is 0 Å². The number of hydrogen-bond acceptors (Lipinski definition) is 3. The van der Waals surface area contributed by atoms with Crippen LogP contribution < -0.4 is 5.32 Å². The molecule has 0 saturated heterocycles. The Hall–Kier alpha value is -2.72. The molecule has 1 N–H and O–H groups in total. The van der Waals surface area contributed by atoms with Crippen LogP contribution in [0.1, 0.15) is 29.2 Å². The molecule has 0 aliphatic carbocycles. The van der Waals surface area contributed by atoms with Crippen molar-refractivity contribution in [3.05, 3.63) is 95.0 Å². The van der Waals surface area contributed by atoms with E-state index in [1.54, 1.807) is 24.8 Å². The number of aromatic nitrogens is 2. The lowest BCUT2D eigenvalue weighted by atomic mass is 9.99. The van der Waals surface area contributed by atoms with E-state index in [-0.39, 0.29) is 11.9 Å². The zero-order valence-corrected chi connectivity index (χ0v) is 14.4. The summed E-state index contributed by atoms with van der Waals surface area (Å²) < 4.78 is 0. The van der Waals surface area contributed by atoms with Gasteiger partial charge in [0.25, 0.3) is 0 Å². The van der Waals surface area contributed by atoms with E-state index in [9.17, 15) is 4.79 Å². The smallest absolute Gasteiger partial charge is 0.221 e. The lowest BCUT2D eigenvalue weighted by Gasteiger charge is -2.20. The Balaban J connectivity index is 1.73. The van der Waals surface area contributed by atoms with E-state index in [1.165, 1.54) is 0 Å². The largest absolute Gasteiger partial charge is 0.345 e. The Bertz CT molecular complexity index is 807. The maximum absolute atomic E-state index is 12.5. The van der Waals surface area contributed by atoms with Gasteiger partial charge in [-0.3, -0.25) is 14.8 Å². The third kappa shape index (κ3) is 4.88.